The minimum Gasteiger partial charge on any atom is -0.370 e. The van der Waals surface area contributed by atoms with Crippen molar-refractivity contribution in [1.29, 1.82) is 0 Å². The number of aromatic nitrogens is 5. The van der Waals surface area contributed by atoms with Crippen molar-refractivity contribution in [3.8, 4) is 11.5 Å². The van der Waals surface area contributed by atoms with Crippen molar-refractivity contribution >= 4 is 16.9 Å². The Kier molecular flexibility index (Phi) is 4.12. The van der Waals surface area contributed by atoms with Gasteiger partial charge in [-0.05, 0) is 37.6 Å². The van der Waals surface area contributed by atoms with E-state index in [4.69, 9.17) is 4.52 Å². The Hall–Kier alpha value is -3.22. The predicted molar refractivity (Wildman–Crippen MR) is 95.2 cm³/mol. The van der Waals surface area contributed by atoms with Crippen LogP contribution in [0.5, 0.6) is 0 Å². The fraction of sp³-hybridized carbons (Fsp3) is 0.222. The minimum absolute atomic E-state index is 0.505. The SMILES string of the molecule is Cc1noc(-c2ccnc(NCCCc3nc4ccccc4[nH]3)c2)n1. The van der Waals surface area contributed by atoms with Gasteiger partial charge < -0.3 is 14.8 Å². The lowest BCUT2D eigenvalue weighted by Crippen LogP contribution is -2.05. The number of hydrogen-bond donors (Lipinski definition) is 2. The van der Waals surface area contributed by atoms with E-state index in [1.54, 1.807) is 13.1 Å². The molecule has 126 valence electrons. The lowest BCUT2D eigenvalue weighted by Gasteiger charge is -2.05. The molecule has 0 saturated carbocycles. The van der Waals surface area contributed by atoms with Gasteiger partial charge in [-0.1, -0.05) is 17.3 Å². The van der Waals surface area contributed by atoms with E-state index in [9.17, 15) is 0 Å². The van der Waals surface area contributed by atoms with Crippen LogP contribution in [-0.2, 0) is 6.42 Å². The fourth-order valence-electron chi connectivity index (χ4n) is 2.67. The van der Waals surface area contributed by atoms with Gasteiger partial charge in [-0.25, -0.2) is 9.97 Å². The number of H-pyrrole nitrogens is 1. The normalized spacial score (nSPS) is 11.1. The molecule has 0 fully saturated rings. The smallest absolute Gasteiger partial charge is 0.258 e. The first kappa shape index (κ1) is 15.3. The second kappa shape index (κ2) is 6.72. The predicted octanol–water partition coefficient (Wildman–Crippen LogP) is 3.36. The topological polar surface area (TPSA) is 92.5 Å². The van der Waals surface area contributed by atoms with Gasteiger partial charge in [0, 0.05) is 24.7 Å². The Morgan fingerprint density at radius 2 is 2.08 bits per heavy atom. The minimum atomic E-state index is 0.505. The number of aromatic amines is 1. The maximum absolute atomic E-state index is 5.19. The number of benzene rings is 1. The zero-order valence-corrected chi connectivity index (χ0v) is 13.9. The van der Waals surface area contributed by atoms with Crippen LogP contribution < -0.4 is 5.32 Å². The van der Waals surface area contributed by atoms with E-state index in [2.05, 4.69) is 30.4 Å². The molecule has 7 heteroatoms. The molecule has 4 rings (SSSR count). The quantitative estimate of drug-likeness (QED) is 0.525. The molecule has 0 bridgehead atoms. The van der Waals surface area contributed by atoms with Crippen LogP contribution in [0.2, 0.25) is 0 Å². The second-order valence-electron chi connectivity index (χ2n) is 5.81. The Bertz CT molecular complexity index is 957. The summed E-state index contributed by atoms with van der Waals surface area (Å²) < 4.78 is 5.19. The number of aryl methyl sites for hydroxylation is 2. The molecule has 4 aromatic rings. The van der Waals surface area contributed by atoms with Crippen molar-refractivity contribution < 1.29 is 4.52 Å². The van der Waals surface area contributed by atoms with Gasteiger partial charge in [-0.3, -0.25) is 0 Å². The molecule has 0 saturated heterocycles. The summed E-state index contributed by atoms with van der Waals surface area (Å²) in [7, 11) is 0. The molecule has 3 heterocycles. The zero-order valence-electron chi connectivity index (χ0n) is 13.9. The van der Waals surface area contributed by atoms with Gasteiger partial charge in [-0.15, -0.1) is 0 Å². The second-order valence-corrected chi connectivity index (χ2v) is 5.81. The van der Waals surface area contributed by atoms with Crippen LogP contribution in [0.3, 0.4) is 0 Å². The number of imidazole rings is 1. The molecular formula is C18H18N6O. The maximum atomic E-state index is 5.19. The lowest BCUT2D eigenvalue weighted by molar-refractivity contribution is 0.425. The van der Waals surface area contributed by atoms with Gasteiger partial charge in [-0.2, -0.15) is 4.98 Å². The van der Waals surface area contributed by atoms with Gasteiger partial charge in [0.15, 0.2) is 5.82 Å². The molecule has 3 aromatic heterocycles. The van der Waals surface area contributed by atoms with Crippen LogP contribution >= 0.6 is 0 Å². The van der Waals surface area contributed by atoms with E-state index in [-0.39, 0.29) is 0 Å². The number of rotatable bonds is 6. The Labute approximate surface area is 144 Å². The Morgan fingerprint density at radius 3 is 2.92 bits per heavy atom. The number of pyridine rings is 1. The first-order chi connectivity index (χ1) is 12.3. The van der Waals surface area contributed by atoms with E-state index in [0.717, 1.165) is 47.6 Å². The average Bonchev–Trinajstić information content (AvgIpc) is 3.25. The zero-order chi connectivity index (χ0) is 17.1. The van der Waals surface area contributed by atoms with Crippen molar-refractivity contribution in [2.75, 3.05) is 11.9 Å². The number of anilines is 1. The molecule has 0 aliphatic heterocycles. The largest absolute Gasteiger partial charge is 0.370 e. The molecule has 0 spiro atoms. The summed E-state index contributed by atoms with van der Waals surface area (Å²) in [6.07, 6.45) is 3.56. The summed E-state index contributed by atoms with van der Waals surface area (Å²) in [5.41, 5.74) is 2.94. The first-order valence-corrected chi connectivity index (χ1v) is 8.22. The Morgan fingerprint density at radius 1 is 1.16 bits per heavy atom. The van der Waals surface area contributed by atoms with Gasteiger partial charge in [0.25, 0.3) is 5.89 Å². The number of fused-ring (bicyclic) bond motifs is 1. The van der Waals surface area contributed by atoms with E-state index >= 15 is 0 Å². The van der Waals surface area contributed by atoms with Gasteiger partial charge in [0.05, 0.1) is 11.0 Å². The van der Waals surface area contributed by atoms with Crippen LogP contribution in [0.4, 0.5) is 5.82 Å². The average molecular weight is 334 g/mol. The van der Waals surface area contributed by atoms with E-state index in [1.807, 2.05) is 36.4 Å². The number of para-hydroxylation sites is 2. The van der Waals surface area contributed by atoms with Crippen molar-refractivity contribution in [3.63, 3.8) is 0 Å². The number of nitrogens with one attached hydrogen (secondary N) is 2. The third-order valence-corrected chi connectivity index (χ3v) is 3.87. The molecule has 0 unspecified atom stereocenters. The van der Waals surface area contributed by atoms with Gasteiger partial charge in [0.1, 0.15) is 11.6 Å². The van der Waals surface area contributed by atoms with E-state index in [1.165, 1.54) is 0 Å². The molecular weight excluding hydrogens is 316 g/mol. The van der Waals surface area contributed by atoms with Crippen molar-refractivity contribution in [2.45, 2.75) is 19.8 Å². The van der Waals surface area contributed by atoms with E-state index < -0.39 is 0 Å². The molecule has 0 radical (unpaired) electrons. The monoisotopic (exact) mass is 334 g/mol. The number of hydrogen-bond acceptors (Lipinski definition) is 6. The number of nitrogens with zero attached hydrogens (tertiary/aromatic N) is 4. The lowest BCUT2D eigenvalue weighted by atomic mass is 10.2. The van der Waals surface area contributed by atoms with Gasteiger partial charge >= 0.3 is 0 Å². The molecule has 0 aliphatic carbocycles. The van der Waals surface area contributed by atoms with Gasteiger partial charge in [0.2, 0.25) is 0 Å². The van der Waals surface area contributed by atoms with Crippen molar-refractivity contribution in [1.82, 2.24) is 25.1 Å². The maximum Gasteiger partial charge on any atom is 0.258 e. The highest BCUT2D eigenvalue weighted by molar-refractivity contribution is 5.74. The molecule has 0 amide bonds. The summed E-state index contributed by atoms with van der Waals surface area (Å²) in [4.78, 5) is 16.5. The van der Waals surface area contributed by atoms with E-state index in [0.29, 0.717) is 11.7 Å². The highest BCUT2D eigenvalue weighted by Gasteiger charge is 2.07. The summed E-state index contributed by atoms with van der Waals surface area (Å²) in [5, 5.41) is 7.14. The Balaban J connectivity index is 1.34. The molecule has 7 nitrogen and oxygen atoms in total. The van der Waals surface area contributed by atoms with Crippen LogP contribution in [-0.4, -0.2) is 31.6 Å². The van der Waals surface area contributed by atoms with Crippen LogP contribution in [0.1, 0.15) is 18.1 Å². The highest BCUT2D eigenvalue weighted by Crippen LogP contribution is 2.19. The summed E-state index contributed by atoms with van der Waals surface area (Å²) >= 11 is 0. The molecule has 2 N–H and O–H groups in total. The highest BCUT2D eigenvalue weighted by atomic mass is 16.5. The van der Waals surface area contributed by atoms with Crippen molar-refractivity contribution in [2.24, 2.45) is 0 Å². The van der Waals surface area contributed by atoms with Crippen LogP contribution in [0, 0.1) is 6.92 Å². The first-order valence-electron chi connectivity index (χ1n) is 8.22. The van der Waals surface area contributed by atoms with Crippen LogP contribution in [0.15, 0.2) is 47.1 Å². The third-order valence-electron chi connectivity index (χ3n) is 3.87. The summed E-state index contributed by atoms with van der Waals surface area (Å²) in [6, 6.07) is 11.8. The summed E-state index contributed by atoms with van der Waals surface area (Å²) in [5.74, 6) is 2.92. The third kappa shape index (κ3) is 3.50. The molecule has 0 aliphatic rings. The molecule has 0 atom stereocenters. The standard InChI is InChI=1S/C18H18N6O/c1-12-21-18(25-24-12)13-8-10-20-17(11-13)19-9-4-7-16-22-14-5-2-3-6-15(14)23-16/h2-3,5-6,8,10-11H,4,7,9H2,1H3,(H,19,20)(H,22,23). The summed E-state index contributed by atoms with van der Waals surface area (Å²) in [6.45, 7) is 2.60. The molecule has 1 aromatic carbocycles. The van der Waals surface area contributed by atoms with Crippen LogP contribution in [0.25, 0.3) is 22.5 Å². The van der Waals surface area contributed by atoms with Crippen molar-refractivity contribution in [3.05, 3.63) is 54.2 Å². The fourth-order valence-corrected chi connectivity index (χ4v) is 2.67. The molecule has 25 heavy (non-hydrogen) atoms.